The highest BCUT2D eigenvalue weighted by atomic mass is 16.6. The fraction of sp³-hybridized carbons (Fsp3) is 0.500. The maximum atomic E-state index is 11.9. The number of rotatable bonds is 6. The van der Waals surface area contributed by atoms with Gasteiger partial charge >= 0.3 is 0 Å². The van der Waals surface area contributed by atoms with Crippen molar-refractivity contribution in [2.75, 3.05) is 6.54 Å². The van der Waals surface area contributed by atoms with Gasteiger partial charge in [0.05, 0.1) is 11.0 Å². The van der Waals surface area contributed by atoms with E-state index in [-0.39, 0.29) is 23.1 Å². The summed E-state index contributed by atoms with van der Waals surface area (Å²) in [5.74, 6) is -0.236. The molecule has 1 atom stereocenters. The van der Waals surface area contributed by atoms with E-state index >= 15 is 0 Å². The number of aliphatic hydroxyl groups is 1. The first-order chi connectivity index (χ1) is 9.31. The molecule has 1 unspecified atom stereocenters. The number of aliphatic hydroxyl groups excluding tert-OH is 1. The van der Waals surface area contributed by atoms with Gasteiger partial charge in [-0.3, -0.25) is 14.9 Å². The van der Waals surface area contributed by atoms with Crippen LogP contribution in [0.3, 0.4) is 0 Å². The Labute approximate surface area is 118 Å². The van der Waals surface area contributed by atoms with Crippen LogP contribution in [-0.4, -0.2) is 28.6 Å². The molecular formula is C14H20N2O4. The van der Waals surface area contributed by atoms with Crippen LogP contribution in [0.2, 0.25) is 0 Å². The van der Waals surface area contributed by atoms with E-state index in [0.717, 1.165) is 0 Å². The van der Waals surface area contributed by atoms with Crippen LogP contribution in [0, 0.1) is 23.0 Å². The van der Waals surface area contributed by atoms with Gasteiger partial charge in [-0.15, -0.1) is 0 Å². The SMILES string of the molecule is Cc1cc(C(=O)NCCC(O)C(C)C)cc([N+](=O)[O-])c1. The molecule has 0 radical (unpaired) electrons. The maximum Gasteiger partial charge on any atom is 0.270 e. The molecule has 0 aromatic heterocycles. The molecule has 1 amide bonds. The zero-order valence-corrected chi connectivity index (χ0v) is 11.9. The molecule has 0 saturated heterocycles. The van der Waals surface area contributed by atoms with Gasteiger partial charge in [-0.25, -0.2) is 0 Å². The number of nitro groups is 1. The highest BCUT2D eigenvalue weighted by Gasteiger charge is 2.14. The van der Waals surface area contributed by atoms with Crippen LogP contribution < -0.4 is 5.32 Å². The molecule has 0 bridgehead atoms. The van der Waals surface area contributed by atoms with Gasteiger partial charge in [-0.1, -0.05) is 13.8 Å². The van der Waals surface area contributed by atoms with Gasteiger partial charge in [0.2, 0.25) is 0 Å². The lowest BCUT2D eigenvalue weighted by Crippen LogP contribution is -2.28. The Hall–Kier alpha value is -1.95. The molecule has 0 aliphatic carbocycles. The predicted octanol–water partition coefficient (Wildman–Crippen LogP) is 2.04. The molecule has 0 fully saturated rings. The van der Waals surface area contributed by atoms with E-state index in [1.807, 2.05) is 13.8 Å². The summed E-state index contributed by atoms with van der Waals surface area (Å²) in [6, 6.07) is 4.27. The number of nitrogens with zero attached hydrogens (tertiary/aromatic N) is 1. The third kappa shape index (κ3) is 4.62. The summed E-state index contributed by atoms with van der Waals surface area (Å²) in [7, 11) is 0. The van der Waals surface area contributed by atoms with Gasteiger partial charge in [-0.05, 0) is 30.9 Å². The molecule has 20 heavy (non-hydrogen) atoms. The van der Waals surface area contributed by atoms with Crippen LogP contribution in [0.4, 0.5) is 5.69 Å². The lowest BCUT2D eigenvalue weighted by molar-refractivity contribution is -0.384. The normalized spacial score (nSPS) is 12.2. The Kier molecular flexibility index (Phi) is 5.64. The topological polar surface area (TPSA) is 92.5 Å². The van der Waals surface area contributed by atoms with Crippen molar-refractivity contribution in [1.82, 2.24) is 5.32 Å². The van der Waals surface area contributed by atoms with Gasteiger partial charge in [0.1, 0.15) is 0 Å². The number of aryl methyl sites for hydroxylation is 1. The van der Waals surface area contributed by atoms with Gasteiger partial charge in [0, 0.05) is 24.2 Å². The average Bonchev–Trinajstić information content (AvgIpc) is 2.37. The number of benzene rings is 1. The van der Waals surface area contributed by atoms with E-state index in [4.69, 9.17) is 0 Å². The molecule has 1 rings (SSSR count). The molecule has 0 heterocycles. The van der Waals surface area contributed by atoms with E-state index in [2.05, 4.69) is 5.32 Å². The van der Waals surface area contributed by atoms with Crippen LogP contribution in [0.1, 0.15) is 36.2 Å². The van der Waals surface area contributed by atoms with Gasteiger partial charge in [0.15, 0.2) is 0 Å². The summed E-state index contributed by atoms with van der Waals surface area (Å²) in [5, 5.41) is 23.0. The first-order valence-corrected chi connectivity index (χ1v) is 6.53. The van der Waals surface area contributed by atoms with Gasteiger partial charge < -0.3 is 10.4 Å². The van der Waals surface area contributed by atoms with Crippen molar-refractivity contribution in [2.24, 2.45) is 5.92 Å². The highest BCUT2D eigenvalue weighted by Crippen LogP contribution is 2.16. The van der Waals surface area contributed by atoms with Crippen LogP contribution in [-0.2, 0) is 0 Å². The molecule has 1 aromatic carbocycles. The van der Waals surface area contributed by atoms with E-state index in [0.29, 0.717) is 18.5 Å². The van der Waals surface area contributed by atoms with E-state index in [1.165, 1.54) is 12.1 Å². The smallest absolute Gasteiger partial charge is 0.270 e. The molecule has 1 aromatic rings. The maximum absolute atomic E-state index is 11.9. The van der Waals surface area contributed by atoms with E-state index in [1.54, 1.807) is 13.0 Å². The summed E-state index contributed by atoms with van der Waals surface area (Å²) in [6.45, 7) is 5.83. The Morgan fingerprint density at radius 2 is 2.05 bits per heavy atom. The van der Waals surface area contributed by atoms with Crippen LogP contribution >= 0.6 is 0 Å². The molecule has 0 aliphatic rings. The Balaban J connectivity index is 2.66. The lowest BCUT2D eigenvalue weighted by Gasteiger charge is -2.14. The average molecular weight is 280 g/mol. The first kappa shape index (κ1) is 16.1. The second-order valence-corrected chi connectivity index (χ2v) is 5.17. The molecule has 110 valence electrons. The molecule has 6 heteroatoms. The minimum absolute atomic E-state index is 0.0997. The van der Waals surface area contributed by atoms with Crippen LogP contribution in [0.5, 0.6) is 0 Å². The first-order valence-electron chi connectivity index (χ1n) is 6.53. The summed E-state index contributed by atoms with van der Waals surface area (Å²) in [4.78, 5) is 22.1. The number of nitrogens with one attached hydrogen (secondary N) is 1. The second-order valence-electron chi connectivity index (χ2n) is 5.17. The van der Waals surface area contributed by atoms with Crippen LogP contribution in [0.25, 0.3) is 0 Å². The molecule has 0 spiro atoms. The van der Waals surface area contributed by atoms with Crippen molar-refractivity contribution < 1.29 is 14.8 Å². The number of amides is 1. The fourth-order valence-electron chi connectivity index (χ4n) is 1.77. The minimum Gasteiger partial charge on any atom is -0.393 e. The third-order valence-corrected chi connectivity index (χ3v) is 3.03. The summed E-state index contributed by atoms with van der Waals surface area (Å²) in [6.07, 6.45) is -0.0146. The predicted molar refractivity (Wildman–Crippen MR) is 75.6 cm³/mol. The molecule has 0 saturated carbocycles. The van der Waals surface area contributed by atoms with E-state index < -0.39 is 11.0 Å². The standard InChI is InChI=1S/C14H20N2O4/c1-9(2)13(17)4-5-15-14(18)11-6-10(3)7-12(8-11)16(19)20/h6-9,13,17H,4-5H2,1-3H3,(H,15,18). The molecule has 6 nitrogen and oxygen atoms in total. The Morgan fingerprint density at radius 1 is 1.40 bits per heavy atom. The van der Waals surface area contributed by atoms with Crippen LogP contribution in [0.15, 0.2) is 18.2 Å². The highest BCUT2D eigenvalue weighted by molar-refractivity contribution is 5.95. The number of hydrogen-bond acceptors (Lipinski definition) is 4. The summed E-state index contributed by atoms with van der Waals surface area (Å²) < 4.78 is 0. The van der Waals surface area contributed by atoms with Crippen molar-refractivity contribution in [2.45, 2.75) is 33.3 Å². The monoisotopic (exact) mass is 280 g/mol. The third-order valence-electron chi connectivity index (χ3n) is 3.03. The summed E-state index contributed by atoms with van der Waals surface area (Å²) in [5.41, 5.74) is 0.819. The van der Waals surface area contributed by atoms with Crippen molar-refractivity contribution >= 4 is 11.6 Å². The Morgan fingerprint density at radius 3 is 2.60 bits per heavy atom. The summed E-state index contributed by atoms with van der Waals surface area (Å²) >= 11 is 0. The van der Waals surface area contributed by atoms with E-state index in [9.17, 15) is 20.0 Å². The van der Waals surface area contributed by atoms with Crippen molar-refractivity contribution in [3.8, 4) is 0 Å². The quantitative estimate of drug-likeness (QED) is 0.616. The fourth-order valence-corrected chi connectivity index (χ4v) is 1.77. The minimum atomic E-state index is -0.522. The number of non-ortho nitro benzene ring substituents is 1. The number of hydrogen-bond donors (Lipinski definition) is 2. The van der Waals surface area contributed by atoms with Gasteiger partial charge in [-0.2, -0.15) is 0 Å². The number of carbonyl (C=O) groups is 1. The molecule has 2 N–H and O–H groups in total. The van der Waals surface area contributed by atoms with Crippen molar-refractivity contribution in [3.63, 3.8) is 0 Å². The number of carbonyl (C=O) groups excluding carboxylic acids is 1. The second kappa shape index (κ2) is 7.00. The largest absolute Gasteiger partial charge is 0.393 e. The Bertz CT molecular complexity index is 500. The van der Waals surface area contributed by atoms with Crippen molar-refractivity contribution in [3.05, 3.63) is 39.4 Å². The van der Waals surface area contributed by atoms with Gasteiger partial charge in [0.25, 0.3) is 11.6 Å². The molecule has 0 aliphatic heterocycles. The van der Waals surface area contributed by atoms with Crippen molar-refractivity contribution in [1.29, 1.82) is 0 Å². The molecular weight excluding hydrogens is 260 g/mol. The zero-order chi connectivity index (χ0) is 15.3. The lowest BCUT2D eigenvalue weighted by atomic mass is 10.0. The zero-order valence-electron chi connectivity index (χ0n) is 11.9. The number of nitro benzene ring substituents is 1.